The van der Waals surface area contributed by atoms with E-state index in [-0.39, 0.29) is 0 Å². The van der Waals surface area contributed by atoms with Crippen molar-refractivity contribution in [2.75, 3.05) is 0 Å². The molecule has 0 nitrogen and oxygen atoms in total. The van der Waals surface area contributed by atoms with Crippen molar-refractivity contribution in [1.82, 2.24) is 0 Å². The van der Waals surface area contributed by atoms with E-state index in [4.69, 9.17) is 0 Å². The summed E-state index contributed by atoms with van der Waals surface area (Å²) in [5.74, 6) is 0. The van der Waals surface area contributed by atoms with Crippen LogP contribution >= 0.6 is 0 Å². The molecule has 1 aliphatic carbocycles. The average Bonchev–Trinajstić information content (AvgIpc) is 2.87. The van der Waals surface area contributed by atoms with Gasteiger partial charge in [-0.2, -0.15) is 0 Å². The smallest absolute Gasteiger partial charge is 0.0163 e. The molecule has 0 spiro atoms. The molecule has 0 fully saturated rings. The zero-order chi connectivity index (χ0) is 14.9. The molecule has 0 heteroatoms. The van der Waals surface area contributed by atoms with Crippen LogP contribution in [-0.2, 0) is 0 Å². The summed E-state index contributed by atoms with van der Waals surface area (Å²) < 4.78 is 0. The van der Waals surface area contributed by atoms with Crippen LogP contribution in [0.4, 0.5) is 0 Å². The van der Waals surface area contributed by atoms with Crippen molar-refractivity contribution in [3.05, 3.63) is 90.5 Å². The summed E-state index contributed by atoms with van der Waals surface area (Å²) in [6.45, 7) is 4.00. The number of hydrogen-bond donors (Lipinski definition) is 0. The van der Waals surface area contributed by atoms with Gasteiger partial charge in [0.25, 0.3) is 0 Å². The Labute approximate surface area is 128 Å². The quantitative estimate of drug-likeness (QED) is 0.604. The maximum absolute atomic E-state index is 2.25. The second-order valence-electron chi connectivity index (χ2n) is 4.64. The topological polar surface area (TPSA) is 0 Å². The number of allylic oxidation sites excluding steroid dienone is 6. The first kappa shape index (κ1) is 15.1. The maximum Gasteiger partial charge on any atom is -0.0163 e. The molecule has 0 unspecified atom stereocenters. The van der Waals surface area contributed by atoms with Crippen LogP contribution in [0.2, 0.25) is 0 Å². The molecule has 1 aliphatic rings. The van der Waals surface area contributed by atoms with Crippen LogP contribution in [-0.4, -0.2) is 0 Å². The summed E-state index contributed by atoms with van der Waals surface area (Å²) in [5.41, 5.74) is 5.06. The fraction of sp³-hybridized carbons (Fsp3) is 0.143. The highest BCUT2D eigenvalue weighted by atomic mass is 14.1. The molecule has 0 saturated heterocycles. The first-order chi connectivity index (χ1) is 10.4. The SMILES string of the molecule is C1=CCC=CC(c2cccc(-c3ccccc3)c2)=C1.CC. The summed E-state index contributed by atoms with van der Waals surface area (Å²) in [7, 11) is 0. The third-order valence-corrected chi connectivity index (χ3v) is 3.28. The van der Waals surface area contributed by atoms with Gasteiger partial charge in [0.1, 0.15) is 0 Å². The van der Waals surface area contributed by atoms with Crippen LogP contribution in [0.3, 0.4) is 0 Å². The molecule has 106 valence electrons. The van der Waals surface area contributed by atoms with E-state index < -0.39 is 0 Å². The highest BCUT2D eigenvalue weighted by Crippen LogP contribution is 2.25. The van der Waals surface area contributed by atoms with Crippen LogP contribution in [0.1, 0.15) is 25.8 Å². The van der Waals surface area contributed by atoms with E-state index >= 15 is 0 Å². The largest absolute Gasteiger partial charge is 0.0807 e. The van der Waals surface area contributed by atoms with E-state index in [1.54, 1.807) is 0 Å². The third kappa shape index (κ3) is 4.06. The lowest BCUT2D eigenvalue weighted by molar-refractivity contribution is 1.41. The predicted octanol–water partition coefficient (Wildman–Crippen LogP) is 6.28. The Balaban J connectivity index is 0.000000774. The summed E-state index contributed by atoms with van der Waals surface area (Å²) in [4.78, 5) is 0. The van der Waals surface area contributed by atoms with Crippen LogP contribution in [0, 0.1) is 0 Å². The van der Waals surface area contributed by atoms with Gasteiger partial charge in [-0.05, 0) is 34.8 Å². The Morgan fingerprint density at radius 3 is 2.24 bits per heavy atom. The van der Waals surface area contributed by atoms with E-state index in [0.717, 1.165) is 6.42 Å². The van der Waals surface area contributed by atoms with Crippen molar-refractivity contribution in [3.63, 3.8) is 0 Å². The second kappa shape index (κ2) is 8.06. The van der Waals surface area contributed by atoms with Gasteiger partial charge >= 0.3 is 0 Å². The predicted molar refractivity (Wildman–Crippen MR) is 94.1 cm³/mol. The molecule has 2 aromatic carbocycles. The molecule has 0 saturated carbocycles. The number of benzene rings is 2. The summed E-state index contributed by atoms with van der Waals surface area (Å²) in [5, 5.41) is 0. The fourth-order valence-electron chi connectivity index (χ4n) is 2.28. The highest BCUT2D eigenvalue weighted by Gasteiger charge is 2.01. The second-order valence-corrected chi connectivity index (χ2v) is 4.64. The molecular formula is C21H22. The maximum atomic E-state index is 2.25. The van der Waals surface area contributed by atoms with Gasteiger partial charge in [-0.3, -0.25) is 0 Å². The van der Waals surface area contributed by atoms with Gasteiger partial charge in [0.15, 0.2) is 0 Å². The Morgan fingerprint density at radius 1 is 0.714 bits per heavy atom. The van der Waals surface area contributed by atoms with Crippen molar-refractivity contribution in [2.24, 2.45) is 0 Å². The zero-order valence-electron chi connectivity index (χ0n) is 12.8. The molecular weight excluding hydrogens is 252 g/mol. The van der Waals surface area contributed by atoms with Crippen LogP contribution in [0.5, 0.6) is 0 Å². The standard InChI is InChI=1S/C19H16.C2H6/c1-2-5-10-16(9-4-1)18-13-8-14-19(15-18)17-11-6-3-7-12-17;1-2/h1,3-15H,2H2;1-2H3. The highest BCUT2D eigenvalue weighted by molar-refractivity contribution is 5.79. The first-order valence-electron chi connectivity index (χ1n) is 7.63. The van der Waals surface area contributed by atoms with Crippen LogP contribution in [0.15, 0.2) is 85.0 Å². The van der Waals surface area contributed by atoms with Crippen molar-refractivity contribution in [2.45, 2.75) is 20.3 Å². The average molecular weight is 274 g/mol. The molecule has 0 heterocycles. The van der Waals surface area contributed by atoms with Gasteiger partial charge in [0.05, 0.1) is 0 Å². The van der Waals surface area contributed by atoms with Gasteiger partial charge in [-0.15, -0.1) is 0 Å². The Bertz CT molecular complexity index is 643. The van der Waals surface area contributed by atoms with Crippen molar-refractivity contribution >= 4 is 5.57 Å². The lowest BCUT2D eigenvalue weighted by Crippen LogP contribution is -1.83. The Hall–Kier alpha value is -2.34. The summed E-state index contributed by atoms with van der Waals surface area (Å²) in [6.07, 6.45) is 11.9. The van der Waals surface area contributed by atoms with Gasteiger partial charge in [-0.25, -0.2) is 0 Å². The van der Waals surface area contributed by atoms with Crippen molar-refractivity contribution in [1.29, 1.82) is 0 Å². The van der Waals surface area contributed by atoms with Gasteiger partial charge in [0.2, 0.25) is 0 Å². The molecule has 0 aliphatic heterocycles. The summed E-state index contributed by atoms with van der Waals surface area (Å²) >= 11 is 0. The monoisotopic (exact) mass is 274 g/mol. The molecule has 0 radical (unpaired) electrons. The number of rotatable bonds is 2. The molecule has 21 heavy (non-hydrogen) atoms. The zero-order valence-corrected chi connectivity index (χ0v) is 12.8. The van der Waals surface area contributed by atoms with E-state index in [9.17, 15) is 0 Å². The van der Waals surface area contributed by atoms with E-state index in [2.05, 4.69) is 85.0 Å². The van der Waals surface area contributed by atoms with Crippen LogP contribution < -0.4 is 0 Å². The normalized spacial score (nSPS) is 13.0. The minimum absolute atomic E-state index is 1.01. The molecule has 2 aromatic rings. The van der Waals surface area contributed by atoms with E-state index in [1.807, 2.05) is 13.8 Å². The Morgan fingerprint density at radius 2 is 1.43 bits per heavy atom. The van der Waals surface area contributed by atoms with Crippen molar-refractivity contribution in [3.8, 4) is 11.1 Å². The minimum atomic E-state index is 1.01. The minimum Gasteiger partial charge on any atom is -0.0807 e. The van der Waals surface area contributed by atoms with E-state index in [1.165, 1.54) is 22.3 Å². The molecule has 0 bridgehead atoms. The van der Waals surface area contributed by atoms with Gasteiger partial charge in [0, 0.05) is 0 Å². The molecule has 3 rings (SSSR count). The lowest BCUT2D eigenvalue weighted by atomic mass is 9.99. The van der Waals surface area contributed by atoms with E-state index in [0.29, 0.717) is 0 Å². The Kier molecular flexibility index (Phi) is 5.78. The lowest BCUT2D eigenvalue weighted by Gasteiger charge is -2.06. The summed E-state index contributed by atoms with van der Waals surface area (Å²) in [6, 6.07) is 19.2. The van der Waals surface area contributed by atoms with Crippen LogP contribution in [0.25, 0.3) is 16.7 Å². The third-order valence-electron chi connectivity index (χ3n) is 3.28. The van der Waals surface area contributed by atoms with Gasteiger partial charge in [-0.1, -0.05) is 92.8 Å². The van der Waals surface area contributed by atoms with Crippen molar-refractivity contribution < 1.29 is 0 Å². The van der Waals surface area contributed by atoms with Gasteiger partial charge < -0.3 is 0 Å². The fourth-order valence-corrected chi connectivity index (χ4v) is 2.28. The number of hydrogen-bond acceptors (Lipinski definition) is 0. The first-order valence-corrected chi connectivity index (χ1v) is 7.63. The molecule has 0 aromatic heterocycles. The molecule has 0 amide bonds. The molecule has 0 N–H and O–H groups in total. The molecule has 0 atom stereocenters.